The van der Waals surface area contributed by atoms with Crippen molar-refractivity contribution in [3.63, 3.8) is 0 Å². The second-order valence-corrected chi connectivity index (χ2v) is 5.76. The Morgan fingerprint density at radius 2 is 1.78 bits per heavy atom. The van der Waals surface area contributed by atoms with Gasteiger partial charge in [-0.1, -0.05) is 13.0 Å². The molecule has 1 N–H and O–H groups in total. The highest BCUT2D eigenvalue weighted by atomic mass is 19.4. The molecule has 23 heavy (non-hydrogen) atoms. The van der Waals surface area contributed by atoms with E-state index in [2.05, 4.69) is 17.1 Å². The molecule has 0 aromatic heterocycles. The van der Waals surface area contributed by atoms with Gasteiger partial charge in [0.25, 0.3) is 0 Å². The first-order valence-corrected chi connectivity index (χ1v) is 7.72. The van der Waals surface area contributed by atoms with Crippen LogP contribution in [0.15, 0.2) is 18.2 Å². The molecule has 0 radical (unpaired) electrons. The predicted molar refractivity (Wildman–Crippen MR) is 83.1 cm³/mol. The molecule has 1 heterocycles. The molecule has 1 aromatic carbocycles. The van der Waals surface area contributed by atoms with Gasteiger partial charge in [-0.15, -0.1) is 0 Å². The van der Waals surface area contributed by atoms with E-state index in [0.717, 1.165) is 38.8 Å². The lowest BCUT2D eigenvalue weighted by molar-refractivity contribution is -0.138. The van der Waals surface area contributed by atoms with Crippen molar-refractivity contribution < 1.29 is 18.0 Å². The lowest BCUT2D eigenvalue weighted by Crippen LogP contribution is -2.45. The summed E-state index contributed by atoms with van der Waals surface area (Å²) in [6.45, 7) is 7.87. The van der Waals surface area contributed by atoms with Gasteiger partial charge in [0.05, 0.1) is 5.56 Å². The standard InChI is InChI=1S/C16H22F3N3O/c1-3-21-6-8-22(9-7-21)11-13-4-5-14(20-12(2)23)10-15(13)16(17,18)19/h4-5,10H,3,6-9,11H2,1-2H3,(H,20,23). The number of hydrogen-bond acceptors (Lipinski definition) is 3. The highest BCUT2D eigenvalue weighted by molar-refractivity contribution is 5.88. The van der Waals surface area contributed by atoms with Crippen molar-refractivity contribution in [3.8, 4) is 0 Å². The average molecular weight is 329 g/mol. The van der Waals surface area contributed by atoms with Crippen LogP contribution in [-0.4, -0.2) is 48.4 Å². The van der Waals surface area contributed by atoms with Crippen LogP contribution in [0.2, 0.25) is 0 Å². The maximum atomic E-state index is 13.3. The normalized spacial score (nSPS) is 17.3. The minimum absolute atomic E-state index is 0.171. The number of nitrogens with zero attached hydrogens (tertiary/aromatic N) is 2. The van der Waals surface area contributed by atoms with Gasteiger partial charge in [-0.05, 0) is 24.2 Å². The van der Waals surface area contributed by atoms with Crippen molar-refractivity contribution in [2.24, 2.45) is 0 Å². The number of nitrogens with one attached hydrogen (secondary N) is 1. The van der Waals surface area contributed by atoms with Crippen LogP contribution in [0.25, 0.3) is 0 Å². The van der Waals surface area contributed by atoms with Gasteiger partial charge in [-0.2, -0.15) is 13.2 Å². The summed E-state index contributed by atoms with van der Waals surface area (Å²) in [5.74, 6) is -0.387. The number of rotatable bonds is 4. The van der Waals surface area contributed by atoms with Crippen LogP contribution >= 0.6 is 0 Å². The van der Waals surface area contributed by atoms with E-state index in [0.29, 0.717) is 0 Å². The number of halogens is 3. The number of likely N-dealkylation sites (N-methyl/N-ethyl adjacent to an activating group) is 1. The van der Waals surface area contributed by atoms with Crippen molar-refractivity contribution in [2.45, 2.75) is 26.6 Å². The molecule has 1 aromatic rings. The second kappa shape index (κ2) is 7.31. The summed E-state index contributed by atoms with van der Waals surface area (Å²) in [6.07, 6.45) is -4.44. The Morgan fingerprint density at radius 1 is 1.17 bits per heavy atom. The van der Waals surface area contributed by atoms with Gasteiger partial charge >= 0.3 is 6.18 Å². The zero-order chi connectivity index (χ0) is 17.0. The molecule has 1 aliphatic rings. The number of hydrogen-bond donors (Lipinski definition) is 1. The molecule has 7 heteroatoms. The molecule has 0 aliphatic carbocycles. The minimum Gasteiger partial charge on any atom is -0.326 e. The SMILES string of the molecule is CCN1CCN(Cc2ccc(NC(C)=O)cc2C(F)(F)F)CC1. The second-order valence-electron chi connectivity index (χ2n) is 5.76. The van der Waals surface area contributed by atoms with Crippen LogP contribution in [-0.2, 0) is 17.5 Å². The molecule has 0 saturated carbocycles. The monoisotopic (exact) mass is 329 g/mol. The van der Waals surface area contributed by atoms with Gasteiger partial charge in [-0.3, -0.25) is 9.69 Å². The van der Waals surface area contributed by atoms with E-state index in [1.807, 2.05) is 4.90 Å². The number of anilines is 1. The van der Waals surface area contributed by atoms with Crippen molar-refractivity contribution in [3.05, 3.63) is 29.3 Å². The van der Waals surface area contributed by atoms with Crippen molar-refractivity contribution in [2.75, 3.05) is 38.0 Å². The fourth-order valence-corrected chi connectivity index (χ4v) is 2.76. The van der Waals surface area contributed by atoms with E-state index in [1.54, 1.807) is 0 Å². The van der Waals surface area contributed by atoms with Crippen LogP contribution < -0.4 is 5.32 Å². The lowest BCUT2D eigenvalue weighted by atomic mass is 10.0. The van der Waals surface area contributed by atoms with Crippen LogP contribution in [0.5, 0.6) is 0 Å². The number of amides is 1. The van der Waals surface area contributed by atoms with Gasteiger partial charge in [0.2, 0.25) is 5.91 Å². The van der Waals surface area contributed by atoms with E-state index >= 15 is 0 Å². The summed E-state index contributed by atoms with van der Waals surface area (Å²) in [5.41, 5.74) is -0.261. The number of piperazine rings is 1. The van der Waals surface area contributed by atoms with Crippen molar-refractivity contribution in [1.82, 2.24) is 9.80 Å². The summed E-state index contributed by atoms with van der Waals surface area (Å²) < 4.78 is 39.9. The third kappa shape index (κ3) is 4.94. The van der Waals surface area contributed by atoms with Crippen LogP contribution in [0.3, 0.4) is 0 Å². The molecule has 4 nitrogen and oxygen atoms in total. The molecule has 1 fully saturated rings. The first kappa shape index (κ1) is 17.7. The summed E-state index contributed by atoms with van der Waals surface area (Å²) in [6, 6.07) is 3.99. The highest BCUT2D eigenvalue weighted by Crippen LogP contribution is 2.34. The molecule has 0 atom stereocenters. The number of benzene rings is 1. The predicted octanol–water partition coefficient (Wildman–Crippen LogP) is 2.80. The molecule has 0 unspecified atom stereocenters. The van der Waals surface area contributed by atoms with Crippen LogP contribution in [0, 0.1) is 0 Å². The lowest BCUT2D eigenvalue weighted by Gasteiger charge is -2.34. The van der Waals surface area contributed by atoms with Gasteiger partial charge < -0.3 is 10.2 Å². The van der Waals surface area contributed by atoms with E-state index in [4.69, 9.17) is 0 Å². The van der Waals surface area contributed by atoms with Crippen molar-refractivity contribution in [1.29, 1.82) is 0 Å². The quantitative estimate of drug-likeness (QED) is 0.923. The van der Waals surface area contributed by atoms with Gasteiger partial charge in [0.15, 0.2) is 0 Å². The summed E-state index contributed by atoms with van der Waals surface area (Å²) >= 11 is 0. The Kier molecular flexibility index (Phi) is 5.64. The maximum absolute atomic E-state index is 13.3. The number of carbonyl (C=O) groups is 1. The molecule has 1 aliphatic heterocycles. The van der Waals surface area contributed by atoms with Gasteiger partial charge in [0, 0.05) is 45.3 Å². The summed E-state index contributed by atoms with van der Waals surface area (Å²) in [5, 5.41) is 2.40. The Hall–Kier alpha value is -1.60. The Balaban J connectivity index is 2.16. The molecule has 0 spiro atoms. The van der Waals surface area contributed by atoms with Gasteiger partial charge in [0.1, 0.15) is 0 Å². The van der Waals surface area contributed by atoms with Crippen molar-refractivity contribution >= 4 is 11.6 Å². The molecule has 0 bridgehead atoms. The first-order chi connectivity index (χ1) is 10.8. The van der Waals surface area contributed by atoms with Crippen LogP contribution in [0.4, 0.5) is 18.9 Å². The molecular formula is C16H22F3N3O. The molecule has 2 rings (SSSR count). The summed E-state index contributed by atoms with van der Waals surface area (Å²) in [7, 11) is 0. The molecular weight excluding hydrogens is 307 g/mol. The highest BCUT2D eigenvalue weighted by Gasteiger charge is 2.34. The van der Waals surface area contributed by atoms with Gasteiger partial charge in [-0.25, -0.2) is 0 Å². The summed E-state index contributed by atoms with van der Waals surface area (Å²) in [4.78, 5) is 15.3. The largest absolute Gasteiger partial charge is 0.416 e. The number of alkyl halides is 3. The molecule has 1 saturated heterocycles. The fraction of sp³-hybridized carbons (Fsp3) is 0.562. The fourth-order valence-electron chi connectivity index (χ4n) is 2.76. The van der Waals surface area contributed by atoms with E-state index in [-0.39, 0.29) is 23.7 Å². The average Bonchev–Trinajstić information content (AvgIpc) is 2.48. The van der Waals surface area contributed by atoms with E-state index < -0.39 is 11.7 Å². The van der Waals surface area contributed by atoms with E-state index in [1.165, 1.54) is 19.1 Å². The number of carbonyl (C=O) groups excluding carboxylic acids is 1. The van der Waals surface area contributed by atoms with E-state index in [9.17, 15) is 18.0 Å². The van der Waals surface area contributed by atoms with Crippen LogP contribution in [0.1, 0.15) is 25.0 Å². The topological polar surface area (TPSA) is 35.6 Å². The smallest absolute Gasteiger partial charge is 0.326 e. The Bertz CT molecular complexity index is 552. The first-order valence-electron chi connectivity index (χ1n) is 7.72. The Morgan fingerprint density at radius 3 is 2.30 bits per heavy atom. The minimum atomic E-state index is -4.44. The third-order valence-corrected chi connectivity index (χ3v) is 4.04. The maximum Gasteiger partial charge on any atom is 0.416 e. The zero-order valence-electron chi connectivity index (χ0n) is 13.4. The molecule has 128 valence electrons. The zero-order valence-corrected chi connectivity index (χ0v) is 13.4. The Labute approximate surface area is 134 Å². The molecule has 1 amide bonds. The third-order valence-electron chi connectivity index (χ3n) is 4.04.